The van der Waals surface area contributed by atoms with Gasteiger partial charge in [-0.3, -0.25) is 0 Å². The highest BCUT2D eigenvalue weighted by Crippen LogP contribution is 2.51. The Labute approximate surface area is 181 Å². The monoisotopic (exact) mass is 457 g/mol. The summed E-state index contributed by atoms with van der Waals surface area (Å²) in [4.78, 5) is 0. The lowest BCUT2D eigenvalue weighted by molar-refractivity contribution is 0.415. The summed E-state index contributed by atoms with van der Waals surface area (Å²) in [5, 5.41) is 1.40. The van der Waals surface area contributed by atoms with Crippen LogP contribution in [0.4, 0.5) is 0 Å². The lowest BCUT2D eigenvalue weighted by atomic mass is 9.72. The fraction of sp³-hybridized carbons (Fsp3) is 0.520. The number of halogens is 1. The highest BCUT2D eigenvalue weighted by molar-refractivity contribution is 9.10. The fourth-order valence-corrected chi connectivity index (χ4v) is 5.47. The minimum Gasteiger partial charge on any atom is -0.456 e. The molecule has 151 valence electrons. The van der Waals surface area contributed by atoms with E-state index < -0.39 is 8.80 Å². The maximum Gasteiger partial charge on any atom is 0.145 e. The van der Waals surface area contributed by atoms with Crippen molar-refractivity contribution in [2.24, 2.45) is 0 Å². The van der Waals surface area contributed by atoms with Crippen LogP contribution in [0.3, 0.4) is 0 Å². The van der Waals surface area contributed by atoms with Crippen molar-refractivity contribution in [1.29, 1.82) is 0 Å². The average molecular weight is 459 g/mol. The molecule has 1 aliphatic heterocycles. The molecule has 0 fully saturated rings. The van der Waals surface area contributed by atoms with Gasteiger partial charge in [0.05, 0.1) is 13.3 Å². The van der Waals surface area contributed by atoms with Crippen molar-refractivity contribution in [3.63, 3.8) is 0 Å². The van der Waals surface area contributed by atoms with Gasteiger partial charge in [-0.25, -0.2) is 0 Å². The first-order chi connectivity index (χ1) is 12.6. The van der Waals surface area contributed by atoms with Crippen molar-refractivity contribution >= 4 is 29.9 Å². The molecule has 2 aromatic carbocycles. The molecular formula is C25H34BrOSi. The third-order valence-electron chi connectivity index (χ3n) is 5.95. The Kier molecular flexibility index (Phi) is 5.21. The standard InChI is InChI=1S/C25H34BrOSi/c1-23(2,3)15-11-17-21(19(26)13-15)27-22-18(25(17,7)8)12-16(24(4,5)6)14-20(22)28(9)10/h11-14H,1-10H3. The summed E-state index contributed by atoms with van der Waals surface area (Å²) >= 11 is 3.82. The lowest BCUT2D eigenvalue weighted by Crippen LogP contribution is -2.34. The zero-order valence-corrected chi connectivity index (χ0v) is 21.7. The predicted octanol–water partition coefficient (Wildman–Crippen LogP) is 7.44. The van der Waals surface area contributed by atoms with E-state index in [2.05, 4.69) is 109 Å². The van der Waals surface area contributed by atoms with Crippen molar-refractivity contribution in [1.82, 2.24) is 0 Å². The third-order valence-corrected chi connectivity index (χ3v) is 7.99. The van der Waals surface area contributed by atoms with Crippen LogP contribution in [0.2, 0.25) is 13.1 Å². The minimum atomic E-state index is -0.669. The molecule has 28 heavy (non-hydrogen) atoms. The van der Waals surface area contributed by atoms with Crippen LogP contribution < -0.4 is 9.92 Å². The smallest absolute Gasteiger partial charge is 0.145 e. The van der Waals surface area contributed by atoms with Crippen LogP contribution in [-0.4, -0.2) is 8.80 Å². The molecule has 0 saturated heterocycles. The molecule has 0 atom stereocenters. The van der Waals surface area contributed by atoms with E-state index in [1.54, 1.807) is 0 Å². The number of hydrogen-bond acceptors (Lipinski definition) is 1. The zero-order chi connectivity index (χ0) is 21.2. The van der Waals surface area contributed by atoms with Gasteiger partial charge in [0.25, 0.3) is 0 Å². The van der Waals surface area contributed by atoms with Crippen LogP contribution in [0, 0.1) is 0 Å². The van der Waals surface area contributed by atoms with Crippen molar-refractivity contribution in [2.45, 2.75) is 84.7 Å². The fourth-order valence-electron chi connectivity index (χ4n) is 3.85. The van der Waals surface area contributed by atoms with E-state index >= 15 is 0 Å². The van der Waals surface area contributed by atoms with Gasteiger partial charge >= 0.3 is 0 Å². The second kappa shape index (κ2) is 6.73. The van der Waals surface area contributed by atoms with Crippen LogP contribution in [0.15, 0.2) is 28.7 Å². The average Bonchev–Trinajstić information content (AvgIpc) is 2.53. The van der Waals surface area contributed by atoms with E-state index in [0.29, 0.717) is 0 Å². The van der Waals surface area contributed by atoms with Gasteiger partial charge in [0.1, 0.15) is 11.5 Å². The van der Waals surface area contributed by atoms with Crippen LogP contribution in [-0.2, 0) is 16.2 Å². The Morgan fingerprint density at radius 2 is 1.25 bits per heavy atom. The molecule has 0 amide bonds. The van der Waals surface area contributed by atoms with Gasteiger partial charge in [0.2, 0.25) is 0 Å². The van der Waals surface area contributed by atoms with Gasteiger partial charge in [-0.1, -0.05) is 86.7 Å². The minimum absolute atomic E-state index is 0.0926. The number of ether oxygens (including phenoxy) is 1. The van der Waals surface area contributed by atoms with Gasteiger partial charge in [-0.05, 0) is 49.1 Å². The predicted molar refractivity (Wildman–Crippen MR) is 127 cm³/mol. The van der Waals surface area contributed by atoms with Crippen molar-refractivity contribution in [3.8, 4) is 11.5 Å². The lowest BCUT2D eigenvalue weighted by Gasteiger charge is -2.39. The molecule has 0 unspecified atom stereocenters. The van der Waals surface area contributed by atoms with E-state index in [-0.39, 0.29) is 16.2 Å². The third kappa shape index (κ3) is 3.61. The second-order valence-electron chi connectivity index (χ2n) is 11.0. The summed E-state index contributed by atoms with van der Waals surface area (Å²) in [6.45, 7) is 23.1. The molecule has 3 heteroatoms. The molecule has 0 N–H and O–H groups in total. The molecule has 0 spiro atoms. The summed E-state index contributed by atoms with van der Waals surface area (Å²) in [6.07, 6.45) is 0. The number of hydrogen-bond donors (Lipinski definition) is 0. The molecule has 1 radical (unpaired) electrons. The van der Waals surface area contributed by atoms with E-state index in [1.165, 1.54) is 27.4 Å². The van der Waals surface area contributed by atoms with Crippen molar-refractivity contribution < 1.29 is 4.74 Å². The molecule has 1 nitrogen and oxygen atoms in total. The quantitative estimate of drug-likeness (QED) is 0.404. The second-order valence-corrected chi connectivity index (χ2v) is 14.4. The Hall–Kier alpha value is -1.06. The van der Waals surface area contributed by atoms with Crippen molar-refractivity contribution in [3.05, 3.63) is 51.0 Å². The summed E-state index contributed by atoms with van der Waals surface area (Å²) in [6, 6.07) is 9.37. The summed E-state index contributed by atoms with van der Waals surface area (Å²) in [5.41, 5.74) is 5.43. The Balaban J connectivity index is 2.34. The first kappa shape index (κ1) is 21.6. The number of benzene rings is 2. The first-order valence-corrected chi connectivity index (χ1v) is 13.4. The maximum atomic E-state index is 6.65. The largest absolute Gasteiger partial charge is 0.456 e. The molecule has 0 bridgehead atoms. The van der Waals surface area contributed by atoms with Gasteiger partial charge < -0.3 is 4.74 Å². The zero-order valence-electron chi connectivity index (χ0n) is 19.1. The number of fused-ring (bicyclic) bond motifs is 2. The number of rotatable bonds is 1. The molecule has 0 saturated carbocycles. The van der Waals surface area contributed by atoms with Crippen LogP contribution in [0.1, 0.15) is 77.6 Å². The van der Waals surface area contributed by atoms with Crippen LogP contribution in [0.25, 0.3) is 0 Å². The molecule has 0 aromatic heterocycles. The van der Waals surface area contributed by atoms with Crippen molar-refractivity contribution in [2.75, 3.05) is 0 Å². The summed E-state index contributed by atoms with van der Waals surface area (Å²) in [7, 11) is -0.669. The first-order valence-electron chi connectivity index (χ1n) is 10.2. The van der Waals surface area contributed by atoms with E-state index in [1.807, 2.05) is 0 Å². The summed E-state index contributed by atoms with van der Waals surface area (Å²) in [5.74, 6) is 2.08. The molecule has 2 aromatic rings. The van der Waals surface area contributed by atoms with E-state index in [4.69, 9.17) is 4.74 Å². The highest BCUT2D eigenvalue weighted by Gasteiger charge is 2.39. The Morgan fingerprint density at radius 3 is 1.71 bits per heavy atom. The van der Waals surface area contributed by atoms with Gasteiger partial charge in [-0.2, -0.15) is 0 Å². The van der Waals surface area contributed by atoms with Gasteiger partial charge in [-0.15, -0.1) is 0 Å². The molecule has 1 aliphatic rings. The normalized spacial score (nSPS) is 15.9. The summed E-state index contributed by atoms with van der Waals surface area (Å²) < 4.78 is 7.71. The van der Waals surface area contributed by atoms with Gasteiger partial charge in [0, 0.05) is 16.5 Å². The Bertz CT molecular complexity index is 927. The molecule has 1 heterocycles. The molecule has 3 rings (SSSR count). The highest BCUT2D eigenvalue weighted by atomic mass is 79.9. The van der Waals surface area contributed by atoms with E-state index in [9.17, 15) is 0 Å². The Morgan fingerprint density at radius 1 is 0.786 bits per heavy atom. The van der Waals surface area contributed by atoms with Gasteiger partial charge in [0.15, 0.2) is 0 Å². The van der Waals surface area contributed by atoms with Crippen LogP contribution in [0.5, 0.6) is 11.5 Å². The SMILES string of the molecule is C[Si](C)c1cc(C(C)(C)C)cc2c1Oc1c(Br)cc(C(C)(C)C)cc1C2(C)C. The molecular weight excluding hydrogens is 424 g/mol. The topological polar surface area (TPSA) is 9.23 Å². The molecule has 0 aliphatic carbocycles. The van der Waals surface area contributed by atoms with E-state index in [0.717, 1.165) is 16.0 Å². The maximum absolute atomic E-state index is 6.65. The van der Waals surface area contributed by atoms with Crippen LogP contribution >= 0.6 is 15.9 Å².